The Morgan fingerprint density at radius 1 is 1.62 bits per heavy atom. The maximum Gasteiger partial charge on any atom is 0.0990 e. The molecule has 2 rings (SSSR count). The average molecular weight is 239 g/mol. The molecule has 0 radical (unpaired) electrons. The number of thioether (sulfide) groups is 1. The Morgan fingerprint density at radius 3 is 3.12 bits per heavy atom. The smallest absolute Gasteiger partial charge is 0.0990 e. The highest BCUT2D eigenvalue weighted by atomic mass is 32.2. The van der Waals surface area contributed by atoms with E-state index in [0.717, 1.165) is 28.5 Å². The monoisotopic (exact) mass is 239 g/mol. The topological polar surface area (TPSA) is 42.4 Å². The third kappa shape index (κ3) is 2.97. The molecule has 0 spiro atoms. The van der Waals surface area contributed by atoms with Gasteiger partial charge in [0.05, 0.1) is 17.7 Å². The number of pyridine rings is 1. The highest BCUT2D eigenvalue weighted by molar-refractivity contribution is 7.99. The average Bonchev–Trinajstić information content (AvgIpc) is 2.80. The predicted octanol–water partition coefficient (Wildman–Crippen LogP) is 2.15. The van der Waals surface area contributed by atoms with E-state index < -0.39 is 0 Å². The molecule has 3 nitrogen and oxygen atoms in total. The molecule has 1 aromatic heterocycles. The van der Waals surface area contributed by atoms with E-state index in [-0.39, 0.29) is 6.61 Å². The molecule has 1 aromatic rings. The molecule has 1 aliphatic heterocycles. The van der Waals surface area contributed by atoms with Crippen LogP contribution in [0.3, 0.4) is 0 Å². The zero-order valence-electron chi connectivity index (χ0n) is 9.48. The number of rotatable bonds is 4. The number of hydrogen-bond acceptors (Lipinski definition) is 4. The van der Waals surface area contributed by atoms with Crippen molar-refractivity contribution in [2.24, 2.45) is 0 Å². The van der Waals surface area contributed by atoms with Gasteiger partial charge in [-0.05, 0) is 37.0 Å². The number of ether oxygens (including phenoxy) is 1. The molecule has 0 amide bonds. The van der Waals surface area contributed by atoms with Crippen molar-refractivity contribution in [2.75, 3.05) is 12.4 Å². The van der Waals surface area contributed by atoms with E-state index >= 15 is 0 Å². The fourth-order valence-corrected chi connectivity index (χ4v) is 2.83. The lowest BCUT2D eigenvalue weighted by molar-refractivity contribution is 0.129. The quantitative estimate of drug-likeness (QED) is 0.818. The van der Waals surface area contributed by atoms with Crippen LogP contribution < -0.4 is 0 Å². The fourth-order valence-electron chi connectivity index (χ4n) is 1.81. The summed E-state index contributed by atoms with van der Waals surface area (Å²) in [5.41, 5.74) is 2.01. The zero-order valence-corrected chi connectivity index (χ0v) is 10.3. The molecule has 16 heavy (non-hydrogen) atoms. The molecule has 0 saturated carbocycles. The van der Waals surface area contributed by atoms with Crippen LogP contribution in [0.15, 0.2) is 17.3 Å². The normalized spacial score (nSPS) is 20.2. The lowest BCUT2D eigenvalue weighted by Crippen LogP contribution is -2.08. The Kier molecular flexibility index (Phi) is 4.21. The number of aryl methyl sites for hydroxylation is 1. The summed E-state index contributed by atoms with van der Waals surface area (Å²) in [5.74, 6) is 0.978. The van der Waals surface area contributed by atoms with Gasteiger partial charge in [-0.1, -0.05) is 0 Å². The number of aliphatic hydroxyl groups excluding tert-OH is 1. The minimum absolute atomic E-state index is 0.0600. The SMILES string of the molecule is Cc1cc(CO)cnc1SCC1CCCO1. The van der Waals surface area contributed by atoms with Crippen molar-refractivity contribution in [2.45, 2.75) is 37.5 Å². The van der Waals surface area contributed by atoms with Crippen molar-refractivity contribution in [3.8, 4) is 0 Å². The van der Waals surface area contributed by atoms with E-state index in [1.54, 1.807) is 18.0 Å². The van der Waals surface area contributed by atoms with Gasteiger partial charge in [0, 0.05) is 18.6 Å². The van der Waals surface area contributed by atoms with Crippen LogP contribution in [-0.4, -0.2) is 28.6 Å². The van der Waals surface area contributed by atoms with Crippen LogP contribution in [0.1, 0.15) is 24.0 Å². The summed E-state index contributed by atoms with van der Waals surface area (Å²) >= 11 is 1.75. The van der Waals surface area contributed by atoms with Crippen LogP contribution in [0.5, 0.6) is 0 Å². The second-order valence-electron chi connectivity index (χ2n) is 4.07. The molecule has 88 valence electrons. The molecule has 1 atom stereocenters. The third-order valence-corrected chi connectivity index (χ3v) is 3.94. The Morgan fingerprint density at radius 2 is 2.50 bits per heavy atom. The van der Waals surface area contributed by atoms with Gasteiger partial charge in [-0.2, -0.15) is 0 Å². The minimum Gasteiger partial charge on any atom is -0.392 e. The van der Waals surface area contributed by atoms with Crippen LogP contribution in [-0.2, 0) is 11.3 Å². The van der Waals surface area contributed by atoms with Crippen molar-refractivity contribution in [3.05, 3.63) is 23.4 Å². The van der Waals surface area contributed by atoms with Gasteiger partial charge >= 0.3 is 0 Å². The van der Waals surface area contributed by atoms with Crippen molar-refractivity contribution >= 4 is 11.8 Å². The Hall–Kier alpha value is -0.580. The molecule has 0 aliphatic carbocycles. The van der Waals surface area contributed by atoms with E-state index in [0.29, 0.717) is 6.10 Å². The minimum atomic E-state index is 0.0600. The summed E-state index contributed by atoms with van der Waals surface area (Å²) in [6.45, 7) is 3.00. The van der Waals surface area contributed by atoms with Gasteiger partial charge in [-0.3, -0.25) is 0 Å². The van der Waals surface area contributed by atoms with Gasteiger partial charge in [0.15, 0.2) is 0 Å². The van der Waals surface area contributed by atoms with Crippen molar-refractivity contribution in [1.29, 1.82) is 0 Å². The summed E-state index contributed by atoms with van der Waals surface area (Å²) in [6.07, 6.45) is 4.48. The Balaban J connectivity index is 1.93. The number of aliphatic hydroxyl groups is 1. The van der Waals surface area contributed by atoms with Gasteiger partial charge in [0.2, 0.25) is 0 Å². The van der Waals surface area contributed by atoms with Crippen LogP contribution in [0.25, 0.3) is 0 Å². The molecular weight excluding hydrogens is 222 g/mol. The van der Waals surface area contributed by atoms with Gasteiger partial charge in [-0.15, -0.1) is 11.8 Å². The summed E-state index contributed by atoms with van der Waals surface area (Å²) in [5, 5.41) is 10.0. The van der Waals surface area contributed by atoms with Crippen LogP contribution >= 0.6 is 11.8 Å². The molecule has 4 heteroatoms. The first kappa shape index (κ1) is 11.9. The standard InChI is InChI=1S/C12H17NO2S/c1-9-5-10(7-14)6-13-12(9)16-8-11-3-2-4-15-11/h5-6,11,14H,2-4,7-8H2,1H3. The first-order valence-corrected chi connectivity index (χ1v) is 6.59. The highest BCUT2D eigenvalue weighted by Gasteiger charge is 2.16. The lowest BCUT2D eigenvalue weighted by Gasteiger charge is -2.10. The highest BCUT2D eigenvalue weighted by Crippen LogP contribution is 2.25. The first-order chi connectivity index (χ1) is 7.79. The van der Waals surface area contributed by atoms with E-state index in [4.69, 9.17) is 9.84 Å². The van der Waals surface area contributed by atoms with E-state index in [1.165, 1.54) is 12.8 Å². The maximum absolute atomic E-state index is 8.99. The Bertz CT molecular complexity index is 351. The first-order valence-electron chi connectivity index (χ1n) is 5.60. The van der Waals surface area contributed by atoms with Gasteiger partial charge < -0.3 is 9.84 Å². The summed E-state index contributed by atoms with van der Waals surface area (Å²) in [7, 11) is 0. The van der Waals surface area contributed by atoms with Gasteiger partial charge in [0.25, 0.3) is 0 Å². The molecular formula is C12H17NO2S. The Labute approximate surface area is 100 Å². The van der Waals surface area contributed by atoms with Crippen molar-refractivity contribution in [3.63, 3.8) is 0 Å². The molecule has 2 heterocycles. The summed E-state index contributed by atoms with van der Waals surface area (Å²) < 4.78 is 5.57. The van der Waals surface area contributed by atoms with Crippen LogP contribution in [0.4, 0.5) is 0 Å². The molecule has 1 saturated heterocycles. The van der Waals surface area contributed by atoms with E-state index in [1.807, 2.05) is 13.0 Å². The molecule has 1 N–H and O–H groups in total. The van der Waals surface area contributed by atoms with E-state index in [9.17, 15) is 0 Å². The molecule has 0 bridgehead atoms. The summed E-state index contributed by atoms with van der Waals surface area (Å²) in [6, 6.07) is 1.99. The second-order valence-corrected chi connectivity index (χ2v) is 5.08. The van der Waals surface area contributed by atoms with Gasteiger partial charge in [-0.25, -0.2) is 4.98 Å². The molecule has 1 unspecified atom stereocenters. The van der Waals surface area contributed by atoms with Crippen molar-refractivity contribution < 1.29 is 9.84 Å². The lowest BCUT2D eigenvalue weighted by atomic mass is 10.2. The molecule has 0 aromatic carbocycles. The number of hydrogen-bond donors (Lipinski definition) is 1. The summed E-state index contributed by atoms with van der Waals surface area (Å²) in [4.78, 5) is 4.36. The molecule has 1 aliphatic rings. The molecule has 1 fully saturated rings. The zero-order chi connectivity index (χ0) is 11.4. The second kappa shape index (κ2) is 5.66. The predicted molar refractivity (Wildman–Crippen MR) is 64.6 cm³/mol. The third-order valence-electron chi connectivity index (χ3n) is 2.70. The van der Waals surface area contributed by atoms with Crippen LogP contribution in [0, 0.1) is 6.92 Å². The largest absolute Gasteiger partial charge is 0.392 e. The maximum atomic E-state index is 8.99. The van der Waals surface area contributed by atoms with E-state index in [2.05, 4.69) is 4.98 Å². The fraction of sp³-hybridized carbons (Fsp3) is 0.583. The van der Waals surface area contributed by atoms with Crippen LogP contribution in [0.2, 0.25) is 0 Å². The van der Waals surface area contributed by atoms with Gasteiger partial charge in [0.1, 0.15) is 0 Å². The van der Waals surface area contributed by atoms with Crippen molar-refractivity contribution in [1.82, 2.24) is 4.98 Å². The number of nitrogens with zero attached hydrogens (tertiary/aromatic N) is 1. The number of aromatic nitrogens is 1.